The van der Waals surface area contributed by atoms with Crippen LogP contribution < -0.4 is 9.64 Å². The monoisotopic (exact) mass is 481 g/mol. The second-order valence-corrected chi connectivity index (χ2v) is 9.62. The number of amides is 1. The van der Waals surface area contributed by atoms with Gasteiger partial charge in [-0.3, -0.25) is 14.6 Å². The van der Waals surface area contributed by atoms with E-state index in [1.807, 2.05) is 29.2 Å². The molecule has 0 spiro atoms. The van der Waals surface area contributed by atoms with E-state index in [2.05, 4.69) is 36.9 Å². The molecule has 0 aliphatic carbocycles. The topological polar surface area (TPSA) is 54.9 Å². The van der Waals surface area contributed by atoms with Gasteiger partial charge in [-0.25, -0.2) is 4.98 Å². The molecule has 4 rings (SSSR count). The lowest BCUT2D eigenvalue weighted by molar-refractivity contribution is 0.0376. The average molecular weight is 482 g/mol. The summed E-state index contributed by atoms with van der Waals surface area (Å²) in [4.78, 5) is 22.9. The number of nitrogens with zero attached hydrogens (tertiary/aromatic N) is 3. The average Bonchev–Trinajstić information content (AvgIpc) is 3.31. The van der Waals surface area contributed by atoms with Crippen molar-refractivity contribution in [2.24, 2.45) is 0 Å². The molecule has 0 bridgehead atoms. The number of aryl methyl sites for hydroxylation is 1. The highest BCUT2D eigenvalue weighted by Crippen LogP contribution is 2.32. The summed E-state index contributed by atoms with van der Waals surface area (Å²) in [5, 5.41) is 0.764. The molecule has 0 N–H and O–H groups in total. The van der Waals surface area contributed by atoms with E-state index in [1.54, 1.807) is 11.3 Å². The number of thiazole rings is 1. The summed E-state index contributed by atoms with van der Waals surface area (Å²) in [6, 6.07) is 13.8. The molecule has 2 aromatic carbocycles. The lowest BCUT2D eigenvalue weighted by atomic mass is 10.1. The van der Waals surface area contributed by atoms with Crippen molar-refractivity contribution in [2.75, 3.05) is 50.9 Å². The van der Waals surface area contributed by atoms with Gasteiger partial charge < -0.3 is 9.47 Å². The van der Waals surface area contributed by atoms with Crippen molar-refractivity contribution < 1.29 is 14.3 Å². The van der Waals surface area contributed by atoms with Crippen molar-refractivity contribution in [3.05, 3.63) is 53.6 Å². The lowest BCUT2D eigenvalue weighted by Gasteiger charge is -2.27. The smallest absolute Gasteiger partial charge is 0.260 e. The molecule has 1 aliphatic rings. The minimum atomic E-state index is -0.0278. The molecule has 182 valence electrons. The number of morpholine rings is 1. The predicted octanol–water partition coefficient (Wildman–Crippen LogP) is 5.41. The molecule has 1 amide bonds. The van der Waals surface area contributed by atoms with E-state index in [4.69, 9.17) is 14.5 Å². The largest absolute Gasteiger partial charge is 0.494 e. The number of carbonyl (C=O) groups is 1. The zero-order valence-electron chi connectivity index (χ0n) is 20.3. The lowest BCUT2D eigenvalue weighted by Crippen LogP contribution is -2.39. The minimum absolute atomic E-state index is 0.0278. The Morgan fingerprint density at radius 2 is 1.97 bits per heavy atom. The number of ether oxygens (including phenoxy) is 2. The van der Waals surface area contributed by atoms with Crippen LogP contribution in [0.3, 0.4) is 0 Å². The van der Waals surface area contributed by atoms with Crippen LogP contribution in [0.5, 0.6) is 5.75 Å². The van der Waals surface area contributed by atoms with Gasteiger partial charge in [0.2, 0.25) is 0 Å². The van der Waals surface area contributed by atoms with Gasteiger partial charge in [0, 0.05) is 31.7 Å². The number of anilines is 1. The Morgan fingerprint density at radius 1 is 1.15 bits per heavy atom. The molecule has 1 saturated heterocycles. The van der Waals surface area contributed by atoms with Crippen molar-refractivity contribution in [1.29, 1.82) is 0 Å². The molecule has 1 aromatic heterocycles. The highest BCUT2D eigenvalue weighted by molar-refractivity contribution is 7.22. The Kier molecular flexibility index (Phi) is 8.91. The third kappa shape index (κ3) is 6.14. The van der Waals surface area contributed by atoms with Crippen molar-refractivity contribution in [1.82, 2.24) is 9.88 Å². The van der Waals surface area contributed by atoms with Crippen LogP contribution in [0.25, 0.3) is 10.2 Å². The summed E-state index contributed by atoms with van der Waals surface area (Å²) in [5.41, 5.74) is 2.86. The normalized spacial score (nSPS) is 14.4. The van der Waals surface area contributed by atoms with E-state index in [0.717, 1.165) is 79.6 Å². The molecule has 0 saturated carbocycles. The van der Waals surface area contributed by atoms with Gasteiger partial charge in [0.25, 0.3) is 5.91 Å². The second kappa shape index (κ2) is 12.3. The molecule has 34 heavy (non-hydrogen) atoms. The fourth-order valence-electron chi connectivity index (χ4n) is 4.16. The fourth-order valence-corrected chi connectivity index (χ4v) is 5.20. The number of hydrogen-bond acceptors (Lipinski definition) is 6. The molecule has 0 atom stereocenters. The van der Waals surface area contributed by atoms with Crippen LogP contribution in [0.1, 0.15) is 49.0 Å². The molecule has 0 radical (unpaired) electrons. The number of rotatable bonds is 11. The van der Waals surface area contributed by atoms with E-state index in [0.29, 0.717) is 18.7 Å². The van der Waals surface area contributed by atoms with Crippen molar-refractivity contribution in [3.8, 4) is 5.75 Å². The van der Waals surface area contributed by atoms with E-state index in [9.17, 15) is 4.79 Å². The van der Waals surface area contributed by atoms with Crippen LogP contribution in [0, 0.1) is 0 Å². The Balaban J connectivity index is 1.57. The first-order valence-corrected chi connectivity index (χ1v) is 13.2. The van der Waals surface area contributed by atoms with E-state index < -0.39 is 0 Å². The highest BCUT2D eigenvalue weighted by Gasteiger charge is 2.23. The molecular weight excluding hydrogens is 446 g/mol. The van der Waals surface area contributed by atoms with Gasteiger partial charge >= 0.3 is 0 Å². The highest BCUT2D eigenvalue weighted by atomic mass is 32.1. The summed E-state index contributed by atoms with van der Waals surface area (Å²) in [6.45, 7) is 9.98. The maximum absolute atomic E-state index is 13.7. The van der Waals surface area contributed by atoms with Crippen LogP contribution in [0.2, 0.25) is 0 Å². The number of benzene rings is 2. The van der Waals surface area contributed by atoms with Gasteiger partial charge in [-0.05, 0) is 49.1 Å². The minimum Gasteiger partial charge on any atom is -0.494 e. The van der Waals surface area contributed by atoms with Crippen molar-refractivity contribution in [2.45, 2.75) is 39.5 Å². The molecule has 0 unspecified atom stereocenters. The first-order chi connectivity index (χ1) is 16.7. The molecule has 1 aliphatic heterocycles. The summed E-state index contributed by atoms with van der Waals surface area (Å²) in [5.74, 6) is 0.713. The number of para-hydroxylation sites is 1. The van der Waals surface area contributed by atoms with Crippen molar-refractivity contribution >= 4 is 32.6 Å². The van der Waals surface area contributed by atoms with Crippen LogP contribution in [0.4, 0.5) is 5.13 Å². The molecule has 2 heterocycles. The van der Waals surface area contributed by atoms with Crippen molar-refractivity contribution in [3.63, 3.8) is 0 Å². The number of aromatic nitrogens is 1. The second-order valence-electron chi connectivity index (χ2n) is 8.61. The van der Waals surface area contributed by atoms with Gasteiger partial charge in [-0.1, -0.05) is 49.8 Å². The summed E-state index contributed by atoms with van der Waals surface area (Å²) >= 11 is 1.59. The summed E-state index contributed by atoms with van der Waals surface area (Å²) in [6.07, 6.45) is 3.88. The SMILES string of the molecule is CCCCOc1cccc(C(=O)N(CCCN2CCOCC2)c2nc3c(CC)cccc3s2)c1. The number of unbranched alkanes of at least 4 members (excludes halogenated alkanes) is 1. The van der Waals surface area contributed by atoms with Gasteiger partial charge in [0.1, 0.15) is 5.75 Å². The summed E-state index contributed by atoms with van der Waals surface area (Å²) in [7, 11) is 0. The predicted molar refractivity (Wildman–Crippen MR) is 139 cm³/mol. The maximum atomic E-state index is 13.7. The van der Waals surface area contributed by atoms with Crippen LogP contribution in [-0.4, -0.2) is 61.8 Å². The Morgan fingerprint density at radius 3 is 2.76 bits per heavy atom. The fraction of sp³-hybridized carbons (Fsp3) is 0.481. The third-order valence-electron chi connectivity index (χ3n) is 6.16. The molecule has 6 nitrogen and oxygen atoms in total. The van der Waals surface area contributed by atoms with Crippen LogP contribution in [0.15, 0.2) is 42.5 Å². The Hall–Kier alpha value is -2.48. The van der Waals surface area contributed by atoms with E-state index >= 15 is 0 Å². The van der Waals surface area contributed by atoms with Gasteiger partial charge in [-0.15, -0.1) is 0 Å². The molecule has 1 fully saturated rings. The number of carbonyl (C=O) groups excluding carboxylic acids is 1. The van der Waals surface area contributed by atoms with Crippen LogP contribution in [-0.2, 0) is 11.2 Å². The standard InChI is InChI=1S/C27H35N3O3S/c1-3-5-17-33-23-11-6-10-22(20-23)26(31)30(14-8-13-29-15-18-32-19-16-29)27-28-25-21(4-2)9-7-12-24(25)34-27/h6-7,9-12,20H,3-5,8,13-19H2,1-2H3. The first kappa shape index (κ1) is 24.6. The maximum Gasteiger partial charge on any atom is 0.260 e. The Labute approximate surface area is 206 Å². The van der Waals surface area contributed by atoms with Gasteiger partial charge in [0.05, 0.1) is 30.0 Å². The third-order valence-corrected chi connectivity index (χ3v) is 7.20. The zero-order valence-corrected chi connectivity index (χ0v) is 21.1. The van der Waals surface area contributed by atoms with E-state index in [-0.39, 0.29) is 5.91 Å². The first-order valence-electron chi connectivity index (χ1n) is 12.4. The molecule has 7 heteroatoms. The van der Waals surface area contributed by atoms with Gasteiger partial charge in [0.15, 0.2) is 5.13 Å². The molecule has 3 aromatic rings. The summed E-state index contributed by atoms with van der Waals surface area (Å²) < 4.78 is 12.4. The Bertz CT molecular complexity index is 1080. The van der Waals surface area contributed by atoms with Crippen LogP contribution >= 0.6 is 11.3 Å². The van der Waals surface area contributed by atoms with E-state index in [1.165, 1.54) is 5.56 Å². The number of fused-ring (bicyclic) bond motifs is 1. The number of hydrogen-bond donors (Lipinski definition) is 0. The molecular formula is C27H35N3O3S. The zero-order chi connectivity index (χ0) is 23.8. The quantitative estimate of drug-likeness (QED) is 0.343. The van der Waals surface area contributed by atoms with Gasteiger partial charge in [-0.2, -0.15) is 0 Å².